The molecular formula is C11H12BrNO2. The molecule has 1 aliphatic rings. The summed E-state index contributed by atoms with van der Waals surface area (Å²) in [7, 11) is 1.71. The van der Waals surface area contributed by atoms with Crippen LogP contribution in [0.5, 0.6) is 0 Å². The molecule has 2 rings (SSSR count). The Morgan fingerprint density at radius 1 is 1.53 bits per heavy atom. The van der Waals surface area contributed by atoms with Gasteiger partial charge < -0.3 is 10.0 Å². The number of halogens is 1. The number of likely N-dealkylation sites (N-methyl/N-ethyl adjacent to an activating group) is 1. The maximum Gasteiger partial charge on any atom is 0.258 e. The zero-order valence-electron chi connectivity index (χ0n) is 8.40. The van der Waals surface area contributed by atoms with Crippen LogP contribution in [0.4, 0.5) is 0 Å². The van der Waals surface area contributed by atoms with Crippen molar-refractivity contribution in [2.24, 2.45) is 0 Å². The molecule has 1 N–H and O–H groups in total. The molecule has 0 radical (unpaired) electrons. The predicted molar refractivity (Wildman–Crippen MR) is 60.3 cm³/mol. The molecule has 15 heavy (non-hydrogen) atoms. The molecule has 0 aliphatic carbocycles. The number of benzene rings is 1. The van der Waals surface area contributed by atoms with Gasteiger partial charge in [0.2, 0.25) is 0 Å². The highest BCUT2D eigenvalue weighted by Crippen LogP contribution is 2.33. The van der Waals surface area contributed by atoms with Crippen LogP contribution in [-0.4, -0.2) is 29.5 Å². The number of carbonyl (C=O) groups excluding carboxylic acids is 1. The maximum absolute atomic E-state index is 11.8. The SMILES string of the molecule is CN1CC[C@](O)(c2cccc(Br)c2)C1=O. The average Bonchev–Trinajstić information content (AvgIpc) is 2.48. The Hall–Kier alpha value is -0.870. The summed E-state index contributed by atoms with van der Waals surface area (Å²) in [6.07, 6.45) is 0.457. The van der Waals surface area contributed by atoms with E-state index in [1.807, 2.05) is 12.1 Å². The second-order valence-corrected chi connectivity index (χ2v) is 4.76. The minimum absolute atomic E-state index is 0.222. The Bertz CT molecular complexity index is 407. The van der Waals surface area contributed by atoms with Gasteiger partial charge in [0.15, 0.2) is 5.60 Å². The second-order valence-electron chi connectivity index (χ2n) is 3.85. The standard InChI is InChI=1S/C11H12BrNO2/c1-13-6-5-11(15,10(13)14)8-3-2-4-9(12)7-8/h2-4,7,15H,5-6H2,1H3/t11-/m0/s1. The zero-order chi connectivity index (χ0) is 11.1. The highest BCUT2D eigenvalue weighted by molar-refractivity contribution is 9.10. The molecule has 1 fully saturated rings. The van der Waals surface area contributed by atoms with Crippen molar-refractivity contribution < 1.29 is 9.90 Å². The van der Waals surface area contributed by atoms with Crippen LogP contribution in [0.1, 0.15) is 12.0 Å². The van der Waals surface area contributed by atoms with Crippen molar-refractivity contribution >= 4 is 21.8 Å². The molecule has 0 saturated carbocycles. The smallest absolute Gasteiger partial charge is 0.258 e. The number of rotatable bonds is 1. The summed E-state index contributed by atoms with van der Waals surface area (Å²) in [5.74, 6) is -0.222. The fourth-order valence-electron chi connectivity index (χ4n) is 1.87. The summed E-state index contributed by atoms with van der Waals surface area (Å²) < 4.78 is 0.871. The lowest BCUT2D eigenvalue weighted by atomic mass is 9.92. The Morgan fingerprint density at radius 2 is 2.27 bits per heavy atom. The predicted octanol–water partition coefficient (Wildman–Crippen LogP) is 1.50. The van der Waals surface area contributed by atoms with Crippen molar-refractivity contribution in [2.45, 2.75) is 12.0 Å². The van der Waals surface area contributed by atoms with Crippen LogP contribution in [0, 0.1) is 0 Å². The number of hydrogen-bond donors (Lipinski definition) is 1. The van der Waals surface area contributed by atoms with Gasteiger partial charge in [0.25, 0.3) is 5.91 Å². The molecular weight excluding hydrogens is 258 g/mol. The van der Waals surface area contributed by atoms with Crippen molar-refractivity contribution in [2.75, 3.05) is 13.6 Å². The lowest BCUT2D eigenvalue weighted by molar-refractivity contribution is -0.143. The third kappa shape index (κ3) is 1.68. The van der Waals surface area contributed by atoms with E-state index in [-0.39, 0.29) is 5.91 Å². The second kappa shape index (κ2) is 3.61. The van der Waals surface area contributed by atoms with Gasteiger partial charge in [-0.2, -0.15) is 0 Å². The lowest BCUT2D eigenvalue weighted by Gasteiger charge is -2.21. The van der Waals surface area contributed by atoms with E-state index < -0.39 is 5.60 Å². The molecule has 1 amide bonds. The number of hydrogen-bond acceptors (Lipinski definition) is 2. The molecule has 1 heterocycles. The molecule has 3 nitrogen and oxygen atoms in total. The van der Waals surface area contributed by atoms with E-state index >= 15 is 0 Å². The molecule has 0 spiro atoms. The van der Waals surface area contributed by atoms with Crippen molar-refractivity contribution in [3.05, 3.63) is 34.3 Å². The molecule has 1 atom stereocenters. The molecule has 0 unspecified atom stereocenters. The molecule has 1 aromatic carbocycles. The first kappa shape index (κ1) is 10.6. The van der Waals surface area contributed by atoms with Gasteiger partial charge in [-0.25, -0.2) is 0 Å². The third-order valence-corrected chi connectivity index (χ3v) is 3.30. The fourth-order valence-corrected chi connectivity index (χ4v) is 2.27. The molecule has 1 aliphatic heterocycles. The molecule has 1 aromatic rings. The summed E-state index contributed by atoms with van der Waals surface area (Å²) in [5, 5.41) is 10.3. The number of carbonyl (C=O) groups is 1. The van der Waals surface area contributed by atoms with E-state index in [0.717, 1.165) is 4.47 Å². The van der Waals surface area contributed by atoms with E-state index in [4.69, 9.17) is 0 Å². The van der Waals surface area contributed by atoms with Crippen LogP contribution < -0.4 is 0 Å². The first-order chi connectivity index (χ1) is 7.04. The van der Waals surface area contributed by atoms with E-state index in [1.54, 1.807) is 24.1 Å². The van der Waals surface area contributed by atoms with Crippen LogP contribution in [0.25, 0.3) is 0 Å². The maximum atomic E-state index is 11.8. The van der Waals surface area contributed by atoms with E-state index in [2.05, 4.69) is 15.9 Å². The van der Waals surface area contributed by atoms with Crippen LogP contribution in [0.2, 0.25) is 0 Å². The summed E-state index contributed by atoms with van der Waals surface area (Å²) in [4.78, 5) is 13.4. The number of aliphatic hydroxyl groups is 1. The van der Waals surface area contributed by atoms with Gasteiger partial charge in [-0.05, 0) is 17.7 Å². The first-order valence-corrected chi connectivity index (χ1v) is 5.57. The highest BCUT2D eigenvalue weighted by atomic mass is 79.9. The summed E-state index contributed by atoms with van der Waals surface area (Å²) in [6, 6.07) is 7.26. The van der Waals surface area contributed by atoms with E-state index in [0.29, 0.717) is 18.5 Å². The summed E-state index contributed by atoms with van der Waals surface area (Å²) >= 11 is 3.33. The molecule has 4 heteroatoms. The van der Waals surface area contributed by atoms with Crippen molar-refractivity contribution in [3.63, 3.8) is 0 Å². The zero-order valence-corrected chi connectivity index (χ0v) is 9.99. The fraction of sp³-hybridized carbons (Fsp3) is 0.364. The summed E-state index contributed by atoms with van der Waals surface area (Å²) in [5.41, 5.74) is -0.676. The largest absolute Gasteiger partial charge is 0.375 e. The molecule has 0 aromatic heterocycles. The highest BCUT2D eigenvalue weighted by Gasteiger charge is 2.45. The topological polar surface area (TPSA) is 40.5 Å². The normalized spacial score (nSPS) is 26.1. The molecule has 80 valence electrons. The van der Waals surface area contributed by atoms with Gasteiger partial charge in [-0.3, -0.25) is 4.79 Å². The third-order valence-electron chi connectivity index (χ3n) is 2.81. The van der Waals surface area contributed by atoms with Gasteiger partial charge in [-0.15, -0.1) is 0 Å². The Kier molecular flexibility index (Phi) is 2.56. The Labute approximate surface area is 96.8 Å². The first-order valence-electron chi connectivity index (χ1n) is 4.78. The van der Waals surface area contributed by atoms with E-state index in [9.17, 15) is 9.90 Å². The van der Waals surface area contributed by atoms with Crippen LogP contribution in [0.3, 0.4) is 0 Å². The van der Waals surface area contributed by atoms with Gasteiger partial charge in [0, 0.05) is 24.5 Å². The molecule has 1 saturated heterocycles. The van der Waals surface area contributed by atoms with Crippen molar-refractivity contribution in [3.8, 4) is 0 Å². The minimum atomic E-state index is -1.33. The van der Waals surface area contributed by atoms with Crippen molar-refractivity contribution in [1.29, 1.82) is 0 Å². The monoisotopic (exact) mass is 269 g/mol. The molecule has 0 bridgehead atoms. The Balaban J connectivity index is 2.42. The van der Waals surface area contributed by atoms with Crippen LogP contribution in [-0.2, 0) is 10.4 Å². The van der Waals surface area contributed by atoms with Crippen molar-refractivity contribution in [1.82, 2.24) is 4.90 Å². The lowest BCUT2D eigenvalue weighted by Crippen LogP contribution is -2.36. The number of nitrogens with zero attached hydrogens (tertiary/aromatic N) is 1. The van der Waals surface area contributed by atoms with Crippen LogP contribution >= 0.6 is 15.9 Å². The quantitative estimate of drug-likeness (QED) is 0.840. The van der Waals surface area contributed by atoms with Crippen LogP contribution in [0.15, 0.2) is 28.7 Å². The Morgan fingerprint density at radius 3 is 2.80 bits per heavy atom. The van der Waals surface area contributed by atoms with Gasteiger partial charge in [0.05, 0.1) is 0 Å². The summed E-state index contributed by atoms with van der Waals surface area (Å²) in [6.45, 7) is 0.599. The van der Waals surface area contributed by atoms with Gasteiger partial charge >= 0.3 is 0 Å². The average molecular weight is 270 g/mol. The number of amides is 1. The van der Waals surface area contributed by atoms with Gasteiger partial charge in [0.1, 0.15) is 0 Å². The van der Waals surface area contributed by atoms with Gasteiger partial charge in [-0.1, -0.05) is 28.1 Å². The number of likely N-dealkylation sites (tertiary alicyclic amines) is 1. The van der Waals surface area contributed by atoms with E-state index in [1.165, 1.54) is 0 Å². The minimum Gasteiger partial charge on any atom is -0.375 e.